The monoisotopic (exact) mass is 316 g/mol. The Hall–Kier alpha value is -1.35. The zero-order valence-corrected chi connectivity index (χ0v) is 15.2. The number of unbranched alkanes of at least 4 members (excludes halogenated alkanes) is 6. The van der Waals surface area contributed by atoms with E-state index < -0.39 is 6.10 Å². The van der Waals surface area contributed by atoms with Crippen LogP contribution in [0.5, 0.6) is 0 Å². The van der Waals surface area contributed by atoms with Gasteiger partial charge in [0.25, 0.3) is 0 Å². The number of aliphatic hydroxyl groups is 1. The average molecular weight is 316 g/mol. The average Bonchev–Trinajstić information content (AvgIpc) is 2.85. The number of fused-ring (bicyclic) bond motifs is 1. The molecule has 128 valence electrons. The number of aliphatic hydroxyl groups excluding tert-OH is 1. The molecule has 1 aromatic carbocycles. The maximum atomic E-state index is 10.1. The predicted molar refractivity (Wildman–Crippen MR) is 97.8 cm³/mol. The SMILES string of the molecule is CCCCCCCCCn1c(C(C)O)nc2cc(C)c(C)cc21. The van der Waals surface area contributed by atoms with Crippen LogP contribution in [0.15, 0.2) is 12.1 Å². The van der Waals surface area contributed by atoms with Crippen molar-refractivity contribution in [1.29, 1.82) is 0 Å². The Labute approximate surface area is 140 Å². The highest BCUT2D eigenvalue weighted by atomic mass is 16.3. The highest BCUT2D eigenvalue weighted by Gasteiger charge is 2.15. The Bertz CT molecular complexity index is 628. The first-order valence-electron chi connectivity index (χ1n) is 9.20. The van der Waals surface area contributed by atoms with Crippen molar-refractivity contribution in [2.24, 2.45) is 0 Å². The molecule has 3 heteroatoms. The predicted octanol–water partition coefficient (Wildman–Crippen LogP) is 5.46. The van der Waals surface area contributed by atoms with E-state index in [9.17, 15) is 5.11 Å². The summed E-state index contributed by atoms with van der Waals surface area (Å²) in [7, 11) is 0. The fourth-order valence-electron chi connectivity index (χ4n) is 3.18. The van der Waals surface area contributed by atoms with Crippen molar-refractivity contribution in [3.8, 4) is 0 Å². The third kappa shape index (κ3) is 4.57. The standard InChI is InChI=1S/C20H32N2O/c1-5-6-7-8-9-10-11-12-22-19-14-16(3)15(2)13-18(19)21-20(22)17(4)23/h13-14,17,23H,5-12H2,1-4H3. The van der Waals surface area contributed by atoms with Crippen LogP contribution in [0.25, 0.3) is 11.0 Å². The molecule has 1 atom stereocenters. The first-order valence-corrected chi connectivity index (χ1v) is 9.20. The van der Waals surface area contributed by atoms with Gasteiger partial charge in [0, 0.05) is 6.54 Å². The summed E-state index contributed by atoms with van der Waals surface area (Å²) in [5.41, 5.74) is 4.72. The van der Waals surface area contributed by atoms with E-state index in [1.165, 1.54) is 49.7 Å². The van der Waals surface area contributed by atoms with Crippen LogP contribution < -0.4 is 0 Å². The molecule has 0 fully saturated rings. The van der Waals surface area contributed by atoms with Gasteiger partial charge in [0.05, 0.1) is 11.0 Å². The molecule has 1 aromatic heterocycles. The van der Waals surface area contributed by atoms with E-state index in [2.05, 4.69) is 42.5 Å². The lowest BCUT2D eigenvalue weighted by atomic mass is 10.1. The second kappa shape index (κ2) is 8.49. The minimum atomic E-state index is -0.521. The van der Waals surface area contributed by atoms with Gasteiger partial charge in [-0.2, -0.15) is 0 Å². The normalized spacial score (nSPS) is 12.9. The molecule has 1 unspecified atom stereocenters. The van der Waals surface area contributed by atoms with Gasteiger partial charge in [0.15, 0.2) is 0 Å². The summed E-state index contributed by atoms with van der Waals surface area (Å²) in [4.78, 5) is 4.67. The van der Waals surface area contributed by atoms with Crippen molar-refractivity contribution in [3.05, 3.63) is 29.1 Å². The van der Waals surface area contributed by atoms with Crippen LogP contribution in [0, 0.1) is 13.8 Å². The topological polar surface area (TPSA) is 38.0 Å². The fourth-order valence-corrected chi connectivity index (χ4v) is 3.18. The molecule has 3 nitrogen and oxygen atoms in total. The summed E-state index contributed by atoms with van der Waals surface area (Å²) in [5, 5.41) is 10.1. The largest absolute Gasteiger partial charge is 0.385 e. The molecule has 1 N–H and O–H groups in total. The smallest absolute Gasteiger partial charge is 0.138 e. The van der Waals surface area contributed by atoms with Crippen molar-refractivity contribution in [2.75, 3.05) is 0 Å². The number of aryl methyl sites for hydroxylation is 3. The second-order valence-corrected chi connectivity index (χ2v) is 6.84. The summed E-state index contributed by atoms with van der Waals surface area (Å²) in [6.07, 6.45) is 8.58. The number of rotatable bonds is 9. The zero-order valence-electron chi connectivity index (χ0n) is 15.2. The number of benzene rings is 1. The van der Waals surface area contributed by atoms with Gasteiger partial charge in [0.2, 0.25) is 0 Å². The minimum absolute atomic E-state index is 0.521. The zero-order chi connectivity index (χ0) is 16.8. The maximum Gasteiger partial charge on any atom is 0.138 e. The van der Waals surface area contributed by atoms with Crippen molar-refractivity contribution in [2.45, 2.75) is 85.3 Å². The molecule has 0 aliphatic carbocycles. The molecule has 0 spiro atoms. The Kier molecular flexibility index (Phi) is 6.64. The number of aromatic nitrogens is 2. The Morgan fingerprint density at radius 3 is 2.26 bits per heavy atom. The first kappa shape index (κ1) is 18.0. The minimum Gasteiger partial charge on any atom is -0.385 e. The van der Waals surface area contributed by atoms with E-state index in [-0.39, 0.29) is 0 Å². The van der Waals surface area contributed by atoms with Gasteiger partial charge < -0.3 is 9.67 Å². The summed E-state index contributed by atoms with van der Waals surface area (Å²) >= 11 is 0. The quantitative estimate of drug-likeness (QED) is 0.624. The first-order chi connectivity index (χ1) is 11.0. The van der Waals surface area contributed by atoms with Gasteiger partial charge in [-0.05, 0) is 50.5 Å². The van der Waals surface area contributed by atoms with Gasteiger partial charge in [0.1, 0.15) is 11.9 Å². The highest BCUT2D eigenvalue weighted by Crippen LogP contribution is 2.24. The molecule has 0 amide bonds. The third-order valence-corrected chi connectivity index (χ3v) is 4.75. The molecule has 2 rings (SSSR count). The van der Waals surface area contributed by atoms with E-state index in [0.29, 0.717) is 0 Å². The van der Waals surface area contributed by atoms with E-state index in [1.807, 2.05) is 6.92 Å². The molecule has 23 heavy (non-hydrogen) atoms. The molecule has 0 aliphatic heterocycles. The molecular formula is C20H32N2O. The Morgan fingerprint density at radius 1 is 1.00 bits per heavy atom. The van der Waals surface area contributed by atoms with E-state index in [0.717, 1.165) is 29.8 Å². The summed E-state index contributed by atoms with van der Waals surface area (Å²) in [5.74, 6) is 0.802. The Morgan fingerprint density at radius 2 is 1.61 bits per heavy atom. The van der Waals surface area contributed by atoms with E-state index in [1.54, 1.807) is 0 Å². The van der Waals surface area contributed by atoms with Crippen LogP contribution in [-0.2, 0) is 6.54 Å². The Balaban J connectivity index is 2.06. The summed E-state index contributed by atoms with van der Waals surface area (Å²) in [6, 6.07) is 4.35. The van der Waals surface area contributed by atoms with Gasteiger partial charge in [-0.1, -0.05) is 45.4 Å². The molecule has 0 saturated heterocycles. The lowest BCUT2D eigenvalue weighted by Crippen LogP contribution is -2.07. The number of imidazole rings is 1. The highest BCUT2D eigenvalue weighted by molar-refractivity contribution is 5.78. The number of nitrogens with zero attached hydrogens (tertiary/aromatic N) is 2. The molecule has 0 saturated carbocycles. The van der Waals surface area contributed by atoms with Crippen LogP contribution in [0.1, 0.15) is 81.8 Å². The van der Waals surface area contributed by atoms with E-state index in [4.69, 9.17) is 0 Å². The summed E-state index contributed by atoms with van der Waals surface area (Å²) < 4.78 is 2.22. The van der Waals surface area contributed by atoms with Gasteiger partial charge in [-0.15, -0.1) is 0 Å². The number of hydrogen-bond donors (Lipinski definition) is 1. The van der Waals surface area contributed by atoms with Crippen molar-refractivity contribution in [1.82, 2.24) is 9.55 Å². The van der Waals surface area contributed by atoms with Crippen molar-refractivity contribution >= 4 is 11.0 Å². The second-order valence-electron chi connectivity index (χ2n) is 6.84. The van der Waals surface area contributed by atoms with E-state index >= 15 is 0 Å². The van der Waals surface area contributed by atoms with Crippen molar-refractivity contribution < 1.29 is 5.11 Å². The van der Waals surface area contributed by atoms with Gasteiger partial charge in [-0.3, -0.25) is 0 Å². The molecule has 0 bridgehead atoms. The van der Waals surface area contributed by atoms with Crippen LogP contribution in [0.2, 0.25) is 0 Å². The van der Waals surface area contributed by atoms with Crippen molar-refractivity contribution in [3.63, 3.8) is 0 Å². The summed E-state index contributed by atoms with van der Waals surface area (Å²) in [6.45, 7) is 9.27. The maximum absolute atomic E-state index is 10.1. The molecule has 0 aliphatic rings. The molecular weight excluding hydrogens is 284 g/mol. The van der Waals surface area contributed by atoms with Gasteiger partial charge >= 0.3 is 0 Å². The van der Waals surface area contributed by atoms with Crippen LogP contribution in [0.4, 0.5) is 0 Å². The third-order valence-electron chi connectivity index (χ3n) is 4.75. The fraction of sp³-hybridized carbons (Fsp3) is 0.650. The number of hydrogen-bond acceptors (Lipinski definition) is 2. The van der Waals surface area contributed by atoms with Crippen LogP contribution >= 0.6 is 0 Å². The van der Waals surface area contributed by atoms with Crippen LogP contribution in [0.3, 0.4) is 0 Å². The lowest BCUT2D eigenvalue weighted by molar-refractivity contribution is 0.184. The van der Waals surface area contributed by atoms with Gasteiger partial charge in [-0.25, -0.2) is 4.98 Å². The molecule has 1 heterocycles. The van der Waals surface area contributed by atoms with Crippen LogP contribution in [-0.4, -0.2) is 14.7 Å². The lowest BCUT2D eigenvalue weighted by Gasteiger charge is -2.11. The molecule has 0 radical (unpaired) electrons. The molecule has 2 aromatic rings.